The lowest BCUT2D eigenvalue weighted by Crippen LogP contribution is -2.42. The second kappa shape index (κ2) is 8.86. The monoisotopic (exact) mass is 516 g/mol. The van der Waals surface area contributed by atoms with E-state index in [0.717, 1.165) is 10.0 Å². The summed E-state index contributed by atoms with van der Waals surface area (Å²) in [5.74, 6) is -2.66. The summed E-state index contributed by atoms with van der Waals surface area (Å²) < 4.78 is 54.1. The Morgan fingerprint density at radius 1 is 1.10 bits per heavy atom. The zero-order chi connectivity index (χ0) is 20.6. The molecule has 0 spiro atoms. The Bertz CT molecular complexity index is 1160. The summed E-state index contributed by atoms with van der Waals surface area (Å²) in [7, 11) is -3.70. The van der Waals surface area contributed by atoms with E-state index in [1.54, 1.807) is 35.2 Å². The standard InChI is InChI=1S/C21H19BrF2N2O2S.ClH/c22-17-5-7-18(8-6-17)29(27,28)19-11-15-3-1-4-16(20(15)25-12-19)13-26-10-2-9-21(23,24)14-26;/h1,3-8,11-12H,2,9-10,13-14H2;1H. The fourth-order valence-corrected chi connectivity index (χ4v) is 5.16. The number of piperidine rings is 1. The highest BCUT2D eigenvalue weighted by Crippen LogP contribution is 2.30. The number of fused-ring (bicyclic) bond motifs is 1. The van der Waals surface area contributed by atoms with Crippen LogP contribution in [0.5, 0.6) is 0 Å². The summed E-state index contributed by atoms with van der Waals surface area (Å²) >= 11 is 3.30. The van der Waals surface area contributed by atoms with Gasteiger partial charge < -0.3 is 0 Å². The van der Waals surface area contributed by atoms with E-state index in [1.807, 2.05) is 6.07 Å². The van der Waals surface area contributed by atoms with Gasteiger partial charge in [-0.05, 0) is 48.9 Å². The van der Waals surface area contributed by atoms with Gasteiger partial charge in [-0.15, -0.1) is 12.4 Å². The van der Waals surface area contributed by atoms with Crippen LogP contribution in [-0.2, 0) is 16.4 Å². The Morgan fingerprint density at radius 3 is 2.53 bits per heavy atom. The van der Waals surface area contributed by atoms with Crippen LogP contribution in [0.1, 0.15) is 18.4 Å². The quantitative estimate of drug-likeness (QED) is 0.460. The molecule has 0 bridgehead atoms. The minimum Gasteiger partial charge on any atom is -0.293 e. The van der Waals surface area contributed by atoms with Crippen LogP contribution in [0, 0.1) is 0 Å². The van der Waals surface area contributed by atoms with E-state index in [0.29, 0.717) is 30.4 Å². The van der Waals surface area contributed by atoms with Gasteiger partial charge in [-0.1, -0.05) is 34.1 Å². The second-order valence-corrected chi connectivity index (χ2v) is 10.2. The van der Waals surface area contributed by atoms with Crippen molar-refractivity contribution < 1.29 is 17.2 Å². The number of pyridine rings is 1. The van der Waals surface area contributed by atoms with E-state index in [4.69, 9.17) is 0 Å². The molecule has 2 aromatic carbocycles. The van der Waals surface area contributed by atoms with Crippen molar-refractivity contribution in [3.8, 4) is 0 Å². The lowest BCUT2D eigenvalue weighted by molar-refractivity contribution is -0.0660. The van der Waals surface area contributed by atoms with E-state index in [-0.39, 0.29) is 35.2 Å². The molecule has 1 fully saturated rings. The molecule has 0 amide bonds. The summed E-state index contributed by atoms with van der Waals surface area (Å²) in [5, 5.41) is 0.671. The predicted octanol–water partition coefficient (Wildman–Crippen LogP) is 5.48. The van der Waals surface area contributed by atoms with E-state index >= 15 is 0 Å². The Hall–Kier alpha value is -1.61. The maximum Gasteiger partial charge on any atom is 0.260 e. The number of hydrogen-bond donors (Lipinski definition) is 0. The molecule has 1 aromatic heterocycles. The average molecular weight is 518 g/mol. The summed E-state index contributed by atoms with van der Waals surface area (Å²) in [5.41, 5.74) is 1.45. The number of rotatable bonds is 4. The first-order valence-electron chi connectivity index (χ1n) is 9.23. The SMILES string of the molecule is Cl.O=S(=O)(c1ccc(Br)cc1)c1cnc2c(CN3CCCC(F)(F)C3)cccc2c1. The van der Waals surface area contributed by atoms with Crippen LogP contribution in [0.2, 0.25) is 0 Å². The van der Waals surface area contributed by atoms with Crippen molar-refractivity contribution >= 4 is 49.1 Å². The van der Waals surface area contributed by atoms with Crippen LogP contribution in [0.4, 0.5) is 8.78 Å². The number of alkyl halides is 2. The van der Waals surface area contributed by atoms with Crippen LogP contribution in [0.3, 0.4) is 0 Å². The van der Waals surface area contributed by atoms with E-state index < -0.39 is 15.8 Å². The number of para-hydroxylation sites is 1. The fraction of sp³-hybridized carbons (Fsp3) is 0.286. The number of nitrogens with zero attached hydrogens (tertiary/aromatic N) is 2. The average Bonchev–Trinajstić information content (AvgIpc) is 2.67. The molecule has 30 heavy (non-hydrogen) atoms. The molecule has 3 aromatic rings. The first-order valence-corrected chi connectivity index (χ1v) is 11.5. The third-order valence-corrected chi connectivity index (χ3v) is 7.33. The minimum atomic E-state index is -3.70. The number of benzene rings is 2. The highest BCUT2D eigenvalue weighted by atomic mass is 79.9. The number of halogens is 4. The molecule has 160 valence electrons. The molecule has 0 radical (unpaired) electrons. The van der Waals surface area contributed by atoms with Crippen molar-refractivity contribution in [2.45, 2.75) is 35.1 Å². The first kappa shape index (κ1) is 23.1. The van der Waals surface area contributed by atoms with Gasteiger partial charge in [-0.25, -0.2) is 17.2 Å². The van der Waals surface area contributed by atoms with Gasteiger partial charge in [0.15, 0.2) is 0 Å². The van der Waals surface area contributed by atoms with E-state index in [2.05, 4.69) is 20.9 Å². The summed E-state index contributed by atoms with van der Waals surface area (Å²) in [6.07, 6.45) is 1.73. The summed E-state index contributed by atoms with van der Waals surface area (Å²) in [6.45, 7) is 0.708. The smallest absolute Gasteiger partial charge is 0.260 e. The lowest BCUT2D eigenvalue weighted by atomic mass is 10.0. The maximum atomic E-state index is 13.7. The van der Waals surface area contributed by atoms with Crippen LogP contribution in [-0.4, -0.2) is 37.3 Å². The van der Waals surface area contributed by atoms with Crippen molar-refractivity contribution in [2.75, 3.05) is 13.1 Å². The predicted molar refractivity (Wildman–Crippen MR) is 118 cm³/mol. The molecule has 4 nitrogen and oxygen atoms in total. The zero-order valence-corrected chi connectivity index (χ0v) is 19.1. The molecule has 0 saturated carbocycles. The minimum absolute atomic E-state index is 0. The van der Waals surface area contributed by atoms with Crippen molar-refractivity contribution in [2.24, 2.45) is 0 Å². The fourth-order valence-electron chi connectivity index (χ4n) is 3.65. The molecule has 0 unspecified atom stereocenters. The normalized spacial score (nSPS) is 16.9. The van der Waals surface area contributed by atoms with Gasteiger partial charge in [0.2, 0.25) is 9.84 Å². The molecule has 0 atom stereocenters. The molecular formula is C21H20BrClF2N2O2S. The number of likely N-dealkylation sites (tertiary alicyclic amines) is 1. The Labute approximate surface area is 188 Å². The van der Waals surface area contributed by atoms with Crippen molar-refractivity contribution in [3.63, 3.8) is 0 Å². The molecule has 1 aliphatic rings. The van der Waals surface area contributed by atoms with Gasteiger partial charge in [-0.2, -0.15) is 0 Å². The van der Waals surface area contributed by atoms with Crippen molar-refractivity contribution in [1.82, 2.24) is 9.88 Å². The summed E-state index contributed by atoms with van der Waals surface area (Å²) in [6, 6.07) is 13.5. The Morgan fingerprint density at radius 2 is 1.83 bits per heavy atom. The molecular weight excluding hydrogens is 498 g/mol. The lowest BCUT2D eigenvalue weighted by Gasteiger charge is -2.32. The maximum absolute atomic E-state index is 13.7. The van der Waals surface area contributed by atoms with Crippen LogP contribution in [0.15, 0.2) is 69.0 Å². The molecule has 4 rings (SSSR count). The highest BCUT2D eigenvalue weighted by Gasteiger charge is 2.35. The van der Waals surface area contributed by atoms with Crippen LogP contribution in [0.25, 0.3) is 10.9 Å². The number of hydrogen-bond acceptors (Lipinski definition) is 4. The van der Waals surface area contributed by atoms with Gasteiger partial charge in [0.1, 0.15) is 0 Å². The molecule has 2 heterocycles. The molecule has 1 saturated heterocycles. The Balaban J connectivity index is 0.00000256. The number of aromatic nitrogens is 1. The molecule has 0 aliphatic carbocycles. The molecule has 1 aliphatic heterocycles. The van der Waals surface area contributed by atoms with Crippen molar-refractivity contribution in [1.29, 1.82) is 0 Å². The van der Waals surface area contributed by atoms with Crippen molar-refractivity contribution in [3.05, 3.63) is 64.8 Å². The third-order valence-electron chi connectivity index (χ3n) is 5.07. The molecule has 0 N–H and O–H groups in total. The molecule has 9 heteroatoms. The van der Waals surface area contributed by atoms with E-state index in [9.17, 15) is 17.2 Å². The second-order valence-electron chi connectivity index (χ2n) is 7.29. The van der Waals surface area contributed by atoms with Crippen LogP contribution >= 0.6 is 28.3 Å². The topological polar surface area (TPSA) is 50.3 Å². The van der Waals surface area contributed by atoms with Gasteiger partial charge in [0.05, 0.1) is 21.9 Å². The zero-order valence-electron chi connectivity index (χ0n) is 15.9. The highest BCUT2D eigenvalue weighted by molar-refractivity contribution is 9.10. The Kier molecular flexibility index (Phi) is 6.81. The van der Waals surface area contributed by atoms with Gasteiger partial charge in [-0.3, -0.25) is 9.88 Å². The number of sulfone groups is 1. The summed E-state index contributed by atoms with van der Waals surface area (Å²) in [4.78, 5) is 6.41. The van der Waals surface area contributed by atoms with Gasteiger partial charge in [0.25, 0.3) is 5.92 Å². The third kappa shape index (κ3) is 4.82. The largest absolute Gasteiger partial charge is 0.293 e. The van der Waals surface area contributed by atoms with Gasteiger partial charge in [0, 0.05) is 29.0 Å². The van der Waals surface area contributed by atoms with E-state index in [1.165, 1.54) is 18.3 Å². The van der Waals surface area contributed by atoms with Crippen LogP contribution < -0.4 is 0 Å². The van der Waals surface area contributed by atoms with Gasteiger partial charge >= 0.3 is 0 Å². The first-order chi connectivity index (χ1) is 13.7.